The number of aliphatic hydroxyl groups is 1. The molecule has 0 saturated carbocycles. The minimum Gasteiger partial charge on any atom is -0.392 e. The lowest BCUT2D eigenvalue weighted by Gasteiger charge is -2.10. The van der Waals surface area contributed by atoms with Crippen LogP contribution in [0.15, 0.2) is 60.9 Å². The number of nitrogens with one attached hydrogen (secondary N) is 1. The summed E-state index contributed by atoms with van der Waals surface area (Å²) in [5.74, 6) is -0.907. The first-order valence-electron chi connectivity index (χ1n) is 7.44. The summed E-state index contributed by atoms with van der Waals surface area (Å²) in [6, 6.07) is 13.2. The molecule has 0 bridgehead atoms. The van der Waals surface area contributed by atoms with Gasteiger partial charge in [0, 0.05) is 24.5 Å². The Hall–Kier alpha value is -2.99. The Kier molecular flexibility index (Phi) is 4.67. The van der Waals surface area contributed by atoms with Crippen LogP contribution in [0.3, 0.4) is 0 Å². The quantitative estimate of drug-likeness (QED) is 0.757. The second kappa shape index (κ2) is 7.06. The van der Waals surface area contributed by atoms with E-state index in [1.807, 2.05) is 18.2 Å². The minimum atomic E-state index is -0.526. The van der Waals surface area contributed by atoms with Gasteiger partial charge in [0.1, 0.15) is 11.5 Å². The Labute approximate surface area is 138 Å². The number of carbonyl (C=O) groups excluding carboxylic acids is 1. The number of rotatable bonds is 5. The number of nitrogens with zero attached hydrogens (tertiary/aromatic N) is 2. The molecule has 6 heteroatoms. The molecule has 0 aliphatic heterocycles. The molecule has 2 aromatic carbocycles. The highest BCUT2D eigenvalue weighted by Crippen LogP contribution is 2.15. The van der Waals surface area contributed by atoms with E-state index in [1.165, 1.54) is 16.8 Å². The number of benzene rings is 2. The summed E-state index contributed by atoms with van der Waals surface area (Å²) >= 11 is 0. The van der Waals surface area contributed by atoms with Crippen molar-refractivity contribution in [2.24, 2.45) is 0 Å². The first kappa shape index (κ1) is 15.9. The summed E-state index contributed by atoms with van der Waals surface area (Å²) in [4.78, 5) is 12.2. The summed E-state index contributed by atoms with van der Waals surface area (Å²) in [7, 11) is 0. The highest BCUT2D eigenvalue weighted by molar-refractivity contribution is 5.94. The van der Waals surface area contributed by atoms with E-state index in [0.717, 1.165) is 11.1 Å². The summed E-state index contributed by atoms with van der Waals surface area (Å²) in [5.41, 5.74) is 2.08. The van der Waals surface area contributed by atoms with Gasteiger partial charge in [0.15, 0.2) is 0 Å². The molecule has 0 fully saturated rings. The normalized spacial score (nSPS) is 10.6. The lowest BCUT2D eigenvalue weighted by Crippen LogP contribution is -2.23. The summed E-state index contributed by atoms with van der Waals surface area (Å²) in [6.45, 7) is 0.164. The molecular weight excluding hydrogens is 309 g/mol. The molecule has 3 aromatic rings. The molecule has 3 rings (SSSR count). The summed E-state index contributed by atoms with van der Waals surface area (Å²) < 4.78 is 15.6. The number of carbonyl (C=O) groups is 1. The van der Waals surface area contributed by atoms with Gasteiger partial charge in [-0.05, 0) is 35.4 Å². The van der Waals surface area contributed by atoms with Gasteiger partial charge in [-0.25, -0.2) is 9.07 Å². The predicted octanol–water partition coefficient (Wildman–Crippen LogP) is 2.43. The fraction of sp³-hybridized carbons (Fsp3) is 0.111. The van der Waals surface area contributed by atoms with Gasteiger partial charge in [0.2, 0.25) is 0 Å². The molecule has 1 heterocycles. The number of amides is 1. The van der Waals surface area contributed by atoms with Crippen LogP contribution in [0, 0.1) is 5.82 Å². The molecule has 1 amide bonds. The summed E-state index contributed by atoms with van der Waals surface area (Å²) in [6.07, 6.45) is 3.18. The van der Waals surface area contributed by atoms with Gasteiger partial charge in [-0.1, -0.05) is 24.3 Å². The SMILES string of the molecule is O=C(NCc1ccccc1CO)c1ccc(-n2cccn2)c(F)c1. The number of hydrogen-bond acceptors (Lipinski definition) is 3. The zero-order valence-corrected chi connectivity index (χ0v) is 12.8. The maximum atomic E-state index is 14.2. The highest BCUT2D eigenvalue weighted by Gasteiger charge is 2.11. The smallest absolute Gasteiger partial charge is 0.251 e. The van der Waals surface area contributed by atoms with E-state index >= 15 is 0 Å². The van der Waals surface area contributed by atoms with Crippen molar-refractivity contribution in [3.8, 4) is 5.69 Å². The maximum absolute atomic E-state index is 14.2. The number of aliphatic hydroxyl groups excluding tert-OH is 1. The molecule has 2 N–H and O–H groups in total. The first-order chi connectivity index (χ1) is 11.7. The Morgan fingerprint density at radius 1 is 1.17 bits per heavy atom. The van der Waals surface area contributed by atoms with E-state index in [2.05, 4.69) is 10.4 Å². The Morgan fingerprint density at radius 3 is 2.62 bits per heavy atom. The van der Waals surface area contributed by atoms with Crippen LogP contribution in [0.5, 0.6) is 0 Å². The van der Waals surface area contributed by atoms with Gasteiger partial charge in [0.05, 0.1) is 6.61 Å². The molecule has 0 radical (unpaired) electrons. The zero-order chi connectivity index (χ0) is 16.9. The average molecular weight is 325 g/mol. The van der Waals surface area contributed by atoms with Crippen LogP contribution in [0.4, 0.5) is 4.39 Å². The third-order valence-electron chi connectivity index (χ3n) is 3.69. The molecule has 24 heavy (non-hydrogen) atoms. The van der Waals surface area contributed by atoms with Crippen LogP contribution >= 0.6 is 0 Å². The molecule has 0 spiro atoms. The first-order valence-corrected chi connectivity index (χ1v) is 7.44. The standard InChI is InChI=1S/C18H16FN3O2/c19-16-10-13(6-7-17(16)22-9-3-8-21-22)18(24)20-11-14-4-1-2-5-15(14)12-23/h1-10,23H,11-12H2,(H,20,24). The van der Waals surface area contributed by atoms with Gasteiger partial charge in [-0.3, -0.25) is 4.79 Å². The molecule has 1 aromatic heterocycles. The number of halogens is 1. The van der Waals surface area contributed by atoms with Gasteiger partial charge < -0.3 is 10.4 Å². The highest BCUT2D eigenvalue weighted by atomic mass is 19.1. The second-order valence-electron chi connectivity index (χ2n) is 5.23. The van der Waals surface area contributed by atoms with E-state index in [9.17, 15) is 14.3 Å². The third-order valence-corrected chi connectivity index (χ3v) is 3.69. The van der Waals surface area contributed by atoms with Crippen molar-refractivity contribution >= 4 is 5.91 Å². The molecule has 0 unspecified atom stereocenters. The number of hydrogen-bond donors (Lipinski definition) is 2. The Morgan fingerprint density at radius 2 is 1.96 bits per heavy atom. The molecule has 0 aliphatic rings. The molecule has 0 aliphatic carbocycles. The Bertz CT molecular complexity index is 847. The monoisotopic (exact) mass is 325 g/mol. The minimum absolute atomic E-state index is 0.0980. The van der Waals surface area contributed by atoms with Crippen molar-refractivity contribution in [2.75, 3.05) is 0 Å². The molecule has 0 atom stereocenters. The molecule has 122 valence electrons. The van der Waals surface area contributed by atoms with Crippen molar-refractivity contribution in [1.82, 2.24) is 15.1 Å². The largest absolute Gasteiger partial charge is 0.392 e. The maximum Gasteiger partial charge on any atom is 0.251 e. The van der Waals surface area contributed by atoms with Crippen LogP contribution in [-0.2, 0) is 13.2 Å². The van der Waals surface area contributed by atoms with Gasteiger partial charge in [-0.15, -0.1) is 0 Å². The van der Waals surface area contributed by atoms with Gasteiger partial charge in [0.25, 0.3) is 5.91 Å². The molecular formula is C18H16FN3O2. The second-order valence-corrected chi connectivity index (χ2v) is 5.23. The van der Waals surface area contributed by atoms with E-state index in [0.29, 0.717) is 0 Å². The van der Waals surface area contributed by atoms with Crippen molar-refractivity contribution in [3.05, 3.63) is 83.4 Å². The zero-order valence-electron chi connectivity index (χ0n) is 12.8. The predicted molar refractivity (Wildman–Crippen MR) is 87.1 cm³/mol. The van der Waals surface area contributed by atoms with E-state index in [1.54, 1.807) is 30.6 Å². The fourth-order valence-electron chi connectivity index (χ4n) is 2.41. The number of aromatic nitrogens is 2. The Balaban J connectivity index is 1.72. The molecule has 0 saturated heterocycles. The van der Waals surface area contributed by atoms with Crippen LogP contribution < -0.4 is 5.32 Å². The van der Waals surface area contributed by atoms with Crippen molar-refractivity contribution < 1.29 is 14.3 Å². The van der Waals surface area contributed by atoms with E-state index < -0.39 is 5.82 Å². The topological polar surface area (TPSA) is 67.2 Å². The van der Waals surface area contributed by atoms with Crippen molar-refractivity contribution in [1.29, 1.82) is 0 Å². The summed E-state index contributed by atoms with van der Waals surface area (Å²) in [5, 5.41) is 16.0. The lowest BCUT2D eigenvalue weighted by atomic mass is 10.1. The molecule has 5 nitrogen and oxygen atoms in total. The lowest BCUT2D eigenvalue weighted by molar-refractivity contribution is 0.0950. The van der Waals surface area contributed by atoms with Gasteiger partial charge >= 0.3 is 0 Å². The van der Waals surface area contributed by atoms with E-state index in [4.69, 9.17) is 0 Å². The van der Waals surface area contributed by atoms with Crippen LogP contribution in [0.25, 0.3) is 5.69 Å². The van der Waals surface area contributed by atoms with Crippen LogP contribution in [0.1, 0.15) is 21.5 Å². The average Bonchev–Trinajstić information content (AvgIpc) is 3.14. The van der Waals surface area contributed by atoms with E-state index in [-0.39, 0.29) is 30.3 Å². The van der Waals surface area contributed by atoms with Crippen LogP contribution in [-0.4, -0.2) is 20.8 Å². The van der Waals surface area contributed by atoms with Crippen molar-refractivity contribution in [2.45, 2.75) is 13.2 Å². The van der Waals surface area contributed by atoms with Crippen molar-refractivity contribution in [3.63, 3.8) is 0 Å². The fourth-order valence-corrected chi connectivity index (χ4v) is 2.41. The van der Waals surface area contributed by atoms with Gasteiger partial charge in [-0.2, -0.15) is 5.10 Å². The third kappa shape index (κ3) is 3.33. The van der Waals surface area contributed by atoms with Crippen LogP contribution in [0.2, 0.25) is 0 Å².